The summed E-state index contributed by atoms with van der Waals surface area (Å²) in [5.41, 5.74) is 2.56. The Morgan fingerprint density at radius 2 is 1.69 bits per heavy atom. The van der Waals surface area contributed by atoms with Gasteiger partial charge in [-0.25, -0.2) is 13.6 Å². The first-order valence-electron chi connectivity index (χ1n) is 8.84. The van der Waals surface area contributed by atoms with E-state index < -0.39 is 10.0 Å². The van der Waals surface area contributed by atoms with E-state index in [-0.39, 0.29) is 10.9 Å². The summed E-state index contributed by atoms with van der Waals surface area (Å²) in [6, 6.07) is 10.0. The number of nitrogens with two attached hydrogens (primary N) is 1. The van der Waals surface area contributed by atoms with Crippen LogP contribution in [0.5, 0.6) is 11.5 Å². The van der Waals surface area contributed by atoms with Crippen LogP contribution >= 0.6 is 0 Å². The van der Waals surface area contributed by atoms with Gasteiger partial charge in [0.05, 0.1) is 42.4 Å². The van der Waals surface area contributed by atoms with E-state index in [4.69, 9.17) is 14.6 Å². The van der Waals surface area contributed by atoms with Gasteiger partial charge < -0.3 is 9.47 Å². The van der Waals surface area contributed by atoms with Crippen LogP contribution in [0.25, 0.3) is 21.8 Å². The zero-order valence-electron chi connectivity index (χ0n) is 16.2. The normalized spacial score (nSPS) is 13.0. The molecule has 4 aromatic rings. The summed E-state index contributed by atoms with van der Waals surface area (Å²) in [5, 5.41) is 11.5. The molecule has 0 spiro atoms. The molecule has 0 radical (unpaired) electrons. The number of hydrogen-bond acceptors (Lipinski definition) is 6. The third-order valence-corrected chi connectivity index (χ3v) is 5.91. The number of aromatic nitrogens is 3. The van der Waals surface area contributed by atoms with Crippen molar-refractivity contribution in [3.8, 4) is 11.5 Å². The summed E-state index contributed by atoms with van der Waals surface area (Å²) in [5.74, 6) is 1.21. The van der Waals surface area contributed by atoms with Gasteiger partial charge in [0.15, 0.2) is 11.5 Å². The molecule has 0 fully saturated rings. The number of ether oxygens (including phenoxy) is 2. The van der Waals surface area contributed by atoms with E-state index in [9.17, 15) is 8.42 Å². The topological polar surface area (TPSA) is 109 Å². The second-order valence-electron chi connectivity index (χ2n) is 6.67. The van der Waals surface area contributed by atoms with Crippen LogP contribution in [0.15, 0.2) is 53.7 Å². The Morgan fingerprint density at radius 3 is 2.31 bits per heavy atom. The third kappa shape index (κ3) is 3.28. The van der Waals surface area contributed by atoms with Gasteiger partial charge in [-0.05, 0) is 30.7 Å². The maximum atomic E-state index is 11.5. The summed E-state index contributed by atoms with van der Waals surface area (Å²) < 4.78 is 35.7. The molecule has 150 valence electrons. The molecule has 0 saturated heterocycles. The molecule has 8 nitrogen and oxygen atoms in total. The molecule has 9 heteroatoms. The molecule has 0 amide bonds. The lowest BCUT2D eigenvalue weighted by molar-refractivity contribution is 0.356. The highest BCUT2D eigenvalue weighted by molar-refractivity contribution is 7.89. The van der Waals surface area contributed by atoms with Crippen molar-refractivity contribution < 1.29 is 17.9 Å². The molecule has 1 atom stereocenters. The summed E-state index contributed by atoms with van der Waals surface area (Å²) in [6.45, 7) is 1.99. The predicted molar refractivity (Wildman–Crippen MR) is 110 cm³/mol. The van der Waals surface area contributed by atoms with Crippen molar-refractivity contribution in [3.05, 3.63) is 54.4 Å². The van der Waals surface area contributed by atoms with Gasteiger partial charge in [-0.1, -0.05) is 12.1 Å². The van der Waals surface area contributed by atoms with E-state index in [1.807, 2.05) is 23.7 Å². The van der Waals surface area contributed by atoms with Crippen LogP contribution in [0.2, 0.25) is 0 Å². The van der Waals surface area contributed by atoms with Crippen LogP contribution in [0.4, 0.5) is 0 Å². The minimum Gasteiger partial charge on any atom is -0.493 e. The Hall–Kier alpha value is -3.17. The number of hydrogen-bond donors (Lipinski definition) is 1. The molecular weight excluding hydrogens is 392 g/mol. The molecular formula is C20H20N4O4S. The average Bonchev–Trinajstić information content (AvgIpc) is 3.16. The van der Waals surface area contributed by atoms with Gasteiger partial charge in [0.1, 0.15) is 0 Å². The second-order valence-corrected chi connectivity index (χ2v) is 8.23. The van der Waals surface area contributed by atoms with Crippen molar-refractivity contribution >= 4 is 31.8 Å². The van der Waals surface area contributed by atoms with Crippen LogP contribution in [-0.2, 0) is 10.0 Å². The fourth-order valence-corrected chi connectivity index (χ4v) is 3.94. The van der Waals surface area contributed by atoms with Crippen molar-refractivity contribution in [2.24, 2.45) is 5.14 Å². The molecule has 29 heavy (non-hydrogen) atoms. The molecule has 0 bridgehead atoms. The van der Waals surface area contributed by atoms with Gasteiger partial charge >= 0.3 is 0 Å². The van der Waals surface area contributed by atoms with E-state index >= 15 is 0 Å². The SMILES string of the molecule is COc1cc2ncc3cnn([C@@H](C)c4ccc(S(N)(=O)=O)cc4)c3c2cc1OC. The number of benzene rings is 2. The first kappa shape index (κ1) is 19.2. The fourth-order valence-electron chi connectivity index (χ4n) is 3.42. The number of sulfonamides is 1. The molecule has 2 aromatic heterocycles. The van der Waals surface area contributed by atoms with E-state index in [0.717, 1.165) is 27.4 Å². The van der Waals surface area contributed by atoms with Gasteiger partial charge in [0.2, 0.25) is 10.0 Å². The lowest BCUT2D eigenvalue weighted by Crippen LogP contribution is -2.13. The Labute approximate surface area is 167 Å². The highest BCUT2D eigenvalue weighted by Gasteiger charge is 2.18. The van der Waals surface area contributed by atoms with Gasteiger partial charge in [0.25, 0.3) is 0 Å². The van der Waals surface area contributed by atoms with Gasteiger partial charge in [-0.2, -0.15) is 5.10 Å². The van der Waals surface area contributed by atoms with Crippen LogP contribution in [0, 0.1) is 0 Å². The van der Waals surface area contributed by atoms with Crippen molar-refractivity contribution in [3.63, 3.8) is 0 Å². The minimum absolute atomic E-state index is 0.0743. The van der Waals surface area contributed by atoms with Crippen molar-refractivity contribution in [2.45, 2.75) is 17.9 Å². The monoisotopic (exact) mass is 412 g/mol. The van der Waals surface area contributed by atoms with Crippen molar-refractivity contribution in [2.75, 3.05) is 14.2 Å². The maximum Gasteiger partial charge on any atom is 0.238 e. The van der Waals surface area contributed by atoms with Gasteiger partial charge in [0, 0.05) is 23.0 Å². The smallest absolute Gasteiger partial charge is 0.238 e. The molecule has 2 aromatic carbocycles. The Bertz CT molecular complexity index is 1310. The van der Waals surface area contributed by atoms with E-state index in [1.165, 1.54) is 12.1 Å². The molecule has 2 heterocycles. The predicted octanol–water partition coefficient (Wildman–Crippen LogP) is 2.86. The molecule has 0 saturated carbocycles. The maximum absolute atomic E-state index is 11.5. The molecule has 0 aliphatic carbocycles. The zero-order valence-corrected chi connectivity index (χ0v) is 17.0. The van der Waals surface area contributed by atoms with Crippen LogP contribution in [0.1, 0.15) is 18.5 Å². The Kier molecular flexibility index (Phi) is 4.64. The number of nitrogens with zero attached hydrogens (tertiary/aromatic N) is 3. The lowest BCUT2D eigenvalue weighted by atomic mass is 10.1. The summed E-state index contributed by atoms with van der Waals surface area (Å²) in [7, 11) is -0.563. The second kappa shape index (κ2) is 7.02. The molecule has 4 rings (SSSR count). The van der Waals surface area contributed by atoms with Crippen molar-refractivity contribution in [1.82, 2.24) is 14.8 Å². The lowest BCUT2D eigenvalue weighted by Gasteiger charge is -2.16. The molecule has 0 unspecified atom stereocenters. The third-order valence-electron chi connectivity index (χ3n) is 4.98. The summed E-state index contributed by atoms with van der Waals surface area (Å²) in [4.78, 5) is 4.58. The first-order valence-corrected chi connectivity index (χ1v) is 10.4. The Morgan fingerprint density at radius 1 is 1.03 bits per heavy atom. The minimum atomic E-state index is -3.73. The fraction of sp³-hybridized carbons (Fsp3) is 0.200. The van der Waals surface area contributed by atoms with Crippen LogP contribution in [0.3, 0.4) is 0 Å². The van der Waals surface area contributed by atoms with Gasteiger partial charge in [-0.15, -0.1) is 0 Å². The van der Waals surface area contributed by atoms with Crippen LogP contribution < -0.4 is 14.6 Å². The van der Waals surface area contributed by atoms with E-state index in [1.54, 1.807) is 38.7 Å². The highest BCUT2D eigenvalue weighted by atomic mass is 32.2. The highest BCUT2D eigenvalue weighted by Crippen LogP contribution is 2.35. The molecule has 0 aliphatic rings. The largest absolute Gasteiger partial charge is 0.493 e. The summed E-state index contributed by atoms with van der Waals surface area (Å²) >= 11 is 0. The standard InChI is InChI=1S/C20H20N4O4S/c1-12(13-4-6-15(7-5-13)29(21,25)26)24-20-14(11-23-24)10-22-17-9-19(28-3)18(27-2)8-16(17)20/h4-12H,1-3H3,(H2,21,25,26)/t12-/m0/s1. The Balaban J connectivity index is 1.88. The van der Waals surface area contributed by atoms with Crippen LogP contribution in [-0.4, -0.2) is 37.4 Å². The quantitative estimate of drug-likeness (QED) is 0.540. The molecule has 0 aliphatic heterocycles. The number of primary sulfonamides is 1. The number of pyridine rings is 1. The zero-order chi connectivity index (χ0) is 20.8. The first-order chi connectivity index (χ1) is 13.8. The number of fused-ring (bicyclic) bond motifs is 3. The van der Waals surface area contributed by atoms with E-state index in [0.29, 0.717) is 11.5 Å². The van der Waals surface area contributed by atoms with E-state index in [2.05, 4.69) is 10.1 Å². The summed E-state index contributed by atoms with van der Waals surface area (Å²) in [6.07, 6.45) is 3.53. The van der Waals surface area contributed by atoms with Crippen molar-refractivity contribution in [1.29, 1.82) is 0 Å². The molecule has 2 N–H and O–H groups in total. The number of rotatable bonds is 5. The average molecular weight is 412 g/mol. The number of methoxy groups -OCH3 is 2. The van der Waals surface area contributed by atoms with Gasteiger partial charge in [-0.3, -0.25) is 9.67 Å².